The lowest BCUT2D eigenvalue weighted by Gasteiger charge is -2.37. The Balaban J connectivity index is 1.48. The fourth-order valence-corrected chi connectivity index (χ4v) is 4.69. The number of pyridine rings is 2. The summed E-state index contributed by atoms with van der Waals surface area (Å²) in [6.07, 6.45) is 12.9. The maximum absolute atomic E-state index is 4.85. The molecule has 3 aromatic rings. The van der Waals surface area contributed by atoms with E-state index >= 15 is 0 Å². The van der Waals surface area contributed by atoms with Gasteiger partial charge in [-0.15, -0.1) is 0 Å². The van der Waals surface area contributed by atoms with Crippen LogP contribution in [0.3, 0.4) is 0 Å². The fourth-order valence-electron chi connectivity index (χ4n) is 4.69. The molecular weight excluding hydrogens is 354 g/mol. The summed E-state index contributed by atoms with van der Waals surface area (Å²) in [5, 5.41) is 6.34. The van der Waals surface area contributed by atoms with Crippen molar-refractivity contribution in [1.29, 1.82) is 0 Å². The van der Waals surface area contributed by atoms with E-state index in [0.717, 1.165) is 24.6 Å². The van der Waals surface area contributed by atoms with Crippen LogP contribution in [0.1, 0.15) is 57.6 Å². The molecule has 0 atom stereocenters. The molecule has 29 heavy (non-hydrogen) atoms. The highest BCUT2D eigenvalue weighted by Gasteiger charge is 2.29. The normalized spacial score (nSPS) is 20.0. The minimum absolute atomic E-state index is 0.422. The second kappa shape index (κ2) is 8.52. The number of fused-ring (bicyclic) bond motifs is 1. The van der Waals surface area contributed by atoms with Crippen molar-refractivity contribution in [2.24, 2.45) is 11.3 Å². The van der Waals surface area contributed by atoms with Crippen LogP contribution in [0, 0.1) is 11.3 Å². The molecule has 1 N–H and O–H groups in total. The minimum atomic E-state index is 0.422. The smallest absolute Gasteiger partial charge is 0.134 e. The third-order valence-corrected chi connectivity index (χ3v) is 6.58. The molecule has 0 radical (unpaired) electrons. The van der Waals surface area contributed by atoms with Gasteiger partial charge in [0, 0.05) is 30.0 Å². The Morgan fingerprint density at radius 2 is 1.66 bits per heavy atom. The number of aromatic nitrogens is 2. The molecule has 0 unspecified atom stereocenters. The van der Waals surface area contributed by atoms with Crippen LogP contribution in [0.5, 0.6) is 0 Å². The summed E-state index contributed by atoms with van der Waals surface area (Å²) >= 11 is 0. The van der Waals surface area contributed by atoms with Gasteiger partial charge < -0.3 is 5.32 Å². The number of hydrogen-bond donors (Lipinski definition) is 1. The van der Waals surface area contributed by atoms with Gasteiger partial charge in [-0.25, -0.2) is 4.98 Å². The summed E-state index contributed by atoms with van der Waals surface area (Å²) in [5.74, 6) is 1.88. The highest BCUT2D eigenvalue weighted by atomic mass is 15.0. The third kappa shape index (κ3) is 4.77. The standard InChI is InChI=1S/C26H33N3/c1-26(2,3)21-12-14-22(15-13-21)29-25-24-9-5-4-8-23(24)20(18-28-25)11-10-19-7-6-16-27-17-19/h4-9,16-18,21-22H,10-15H2,1-3H3,(H,28,29). The lowest BCUT2D eigenvalue weighted by Crippen LogP contribution is -2.31. The largest absolute Gasteiger partial charge is 0.367 e. The topological polar surface area (TPSA) is 37.8 Å². The number of anilines is 1. The zero-order chi connectivity index (χ0) is 20.3. The van der Waals surface area contributed by atoms with Gasteiger partial charge >= 0.3 is 0 Å². The monoisotopic (exact) mass is 387 g/mol. The Hall–Kier alpha value is -2.42. The SMILES string of the molecule is CC(C)(C)C1CCC(Nc2ncc(CCc3cccnc3)c3ccccc23)CC1. The Bertz CT molecular complexity index is 935. The van der Waals surface area contributed by atoms with Crippen LogP contribution in [-0.4, -0.2) is 16.0 Å². The Labute approximate surface area is 175 Å². The van der Waals surface area contributed by atoms with Crippen LogP contribution in [0.2, 0.25) is 0 Å². The number of rotatable bonds is 5. The van der Waals surface area contributed by atoms with Gasteiger partial charge in [0.25, 0.3) is 0 Å². The maximum Gasteiger partial charge on any atom is 0.134 e. The molecule has 1 fully saturated rings. The zero-order valence-electron chi connectivity index (χ0n) is 18.0. The summed E-state index contributed by atoms with van der Waals surface area (Å²) in [4.78, 5) is 9.09. The predicted molar refractivity (Wildman–Crippen MR) is 122 cm³/mol. The van der Waals surface area contributed by atoms with Gasteiger partial charge in [-0.2, -0.15) is 0 Å². The first-order chi connectivity index (χ1) is 14.0. The number of nitrogens with zero attached hydrogens (tertiary/aromatic N) is 2. The maximum atomic E-state index is 4.85. The van der Waals surface area contributed by atoms with Gasteiger partial charge in [0.05, 0.1) is 0 Å². The van der Waals surface area contributed by atoms with Crippen molar-refractivity contribution >= 4 is 16.6 Å². The second-order valence-electron chi connectivity index (χ2n) is 9.60. The molecule has 0 spiro atoms. The summed E-state index contributed by atoms with van der Waals surface area (Å²) < 4.78 is 0. The van der Waals surface area contributed by atoms with Crippen molar-refractivity contribution in [2.75, 3.05) is 5.32 Å². The Morgan fingerprint density at radius 3 is 2.34 bits per heavy atom. The van der Waals surface area contributed by atoms with Crippen LogP contribution in [0.25, 0.3) is 10.8 Å². The van der Waals surface area contributed by atoms with E-state index in [-0.39, 0.29) is 0 Å². The van der Waals surface area contributed by atoms with E-state index in [4.69, 9.17) is 4.98 Å². The van der Waals surface area contributed by atoms with Crippen molar-refractivity contribution in [2.45, 2.75) is 65.3 Å². The summed E-state index contributed by atoms with van der Waals surface area (Å²) in [6.45, 7) is 7.14. The molecule has 3 heteroatoms. The number of nitrogens with one attached hydrogen (secondary N) is 1. The molecule has 1 saturated carbocycles. The molecule has 1 aliphatic rings. The third-order valence-electron chi connectivity index (χ3n) is 6.58. The van der Waals surface area contributed by atoms with Gasteiger partial charge in [-0.3, -0.25) is 4.98 Å². The quantitative estimate of drug-likeness (QED) is 0.548. The average Bonchev–Trinajstić information content (AvgIpc) is 2.74. The van der Waals surface area contributed by atoms with Gasteiger partial charge in [-0.05, 0) is 72.4 Å². The van der Waals surface area contributed by atoms with Crippen molar-refractivity contribution in [3.05, 3.63) is 66.1 Å². The Morgan fingerprint density at radius 1 is 0.897 bits per heavy atom. The second-order valence-corrected chi connectivity index (χ2v) is 9.60. The predicted octanol–water partition coefficient (Wildman–Crippen LogP) is 6.43. The molecule has 4 rings (SSSR count). The van der Waals surface area contributed by atoms with Crippen LogP contribution in [0.4, 0.5) is 5.82 Å². The van der Waals surface area contributed by atoms with Crippen molar-refractivity contribution < 1.29 is 0 Å². The molecule has 0 aliphatic heterocycles. The van der Waals surface area contributed by atoms with Gasteiger partial charge in [-0.1, -0.05) is 51.1 Å². The van der Waals surface area contributed by atoms with Gasteiger partial charge in [0.15, 0.2) is 0 Å². The molecule has 0 saturated heterocycles. The molecule has 1 aliphatic carbocycles. The minimum Gasteiger partial charge on any atom is -0.367 e. The van der Waals surface area contributed by atoms with Crippen molar-refractivity contribution in [1.82, 2.24) is 9.97 Å². The molecule has 2 aromatic heterocycles. The van der Waals surface area contributed by atoms with Crippen LogP contribution >= 0.6 is 0 Å². The molecule has 1 aromatic carbocycles. The number of hydrogen-bond acceptors (Lipinski definition) is 3. The molecule has 2 heterocycles. The number of aryl methyl sites for hydroxylation is 2. The van der Waals surface area contributed by atoms with E-state index in [2.05, 4.69) is 67.6 Å². The van der Waals surface area contributed by atoms with Gasteiger partial charge in [0.2, 0.25) is 0 Å². The van der Waals surface area contributed by atoms with Crippen molar-refractivity contribution in [3.63, 3.8) is 0 Å². The van der Waals surface area contributed by atoms with Crippen molar-refractivity contribution in [3.8, 4) is 0 Å². The van der Waals surface area contributed by atoms with E-state index in [1.807, 2.05) is 18.5 Å². The first-order valence-corrected chi connectivity index (χ1v) is 11.0. The van der Waals surface area contributed by atoms with E-state index < -0.39 is 0 Å². The molecule has 0 amide bonds. The van der Waals surface area contributed by atoms with E-state index in [0.29, 0.717) is 11.5 Å². The average molecular weight is 388 g/mol. The van der Waals surface area contributed by atoms with Crippen LogP contribution in [-0.2, 0) is 12.8 Å². The first kappa shape index (κ1) is 19.9. The first-order valence-electron chi connectivity index (χ1n) is 11.0. The highest BCUT2D eigenvalue weighted by Crippen LogP contribution is 2.38. The van der Waals surface area contributed by atoms with E-state index in [1.54, 1.807) is 0 Å². The van der Waals surface area contributed by atoms with E-state index in [1.165, 1.54) is 47.6 Å². The molecule has 0 bridgehead atoms. The van der Waals surface area contributed by atoms with Gasteiger partial charge in [0.1, 0.15) is 5.82 Å². The lowest BCUT2D eigenvalue weighted by molar-refractivity contribution is 0.173. The molecule has 3 nitrogen and oxygen atoms in total. The number of benzene rings is 1. The molecular formula is C26H33N3. The summed E-state index contributed by atoms with van der Waals surface area (Å²) in [7, 11) is 0. The summed E-state index contributed by atoms with van der Waals surface area (Å²) in [6, 6.07) is 13.4. The Kier molecular flexibility index (Phi) is 5.84. The lowest BCUT2D eigenvalue weighted by atomic mass is 9.71. The van der Waals surface area contributed by atoms with Crippen LogP contribution < -0.4 is 5.32 Å². The fraction of sp³-hybridized carbons (Fsp3) is 0.462. The molecule has 152 valence electrons. The zero-order valence-corrected chi connectivity index (χ0v) is 18.0. The summed E-state index contributed by atoms with van der Waals surface area (Å²) in [5.41, 5.74) is 3.01. The van der Waals surface area contributed by atoms with Crippen LogP contribution in [0.15, 0.2) is 55.0 Å². The highest BCUT2D eigenvalue weighted by molar-refractivity contribution is 5.94. The van der Waals surface area contributed by atoms with E-state index in [9.17, 15) is 0 Å².